The lowest BCUT2D eigenvalue weighted by Gasteiger charge is -2.16. The van der Waals surface area contributed by atoms with E-state index in [4.69, 9.17) is 4.42 Å². The second-order valence-electron chi connectivity index (χ2n) is 6.27. The Balaban J connectivity index is 1.85. The molecule has 0 bridgehead atoms. The maximum absolute atomic E-state index is 9.88. The predicted octanol–water partition coefficient (Wildman–Crippen LogP) is 3.84. The van der Waals surface area contributed by atoms with Crippen LogP contribution in [0.2, 0.25) is 0 Å². The van der Waals surface area contributed by atoms with Crippen molar-refractivity contribution in [3.8, 4) is 11.6 Å². The molecule has 1 aromatic carbocycles. The summed E-state index contributed by atoms with van der Waals surface area (Å²) in [6, 6.07) is 13.9. The first-order valence-corrected chi connectivity index (χ1v) is 8.88. The van der Waals surface area contributed by atoms with E-state index in [1.807, 2.05) is 44.2 Å². The fourth-order valence-electron chi connectivity index (χ4n) is 2.28. The highest BCUT2D eigenvalue weighted by molar-refractivity contribution is 7.99. The number of aromatic nitrogens is 3. The highest BCUT2D eigenvalue weighted by Gasteiger charge is 2.18. The van der Waals surface area contributed by atoms with Crippen molar-refractivity contribution in [2.45, 2.75) is 37.6 Å². The van der Waals surface area contributed by atoms with Crippen LogP contribution in [0, 0.1) is 0 Å². The molecule has 0 aliphatic rings. The number of hydrogen-bond donors (Lipinski definition) is 1. The van der Waals surface area contributed by atoms with Gasteiger partial charge in [0.05, 0.1) is 18.4 Å². The lowest BCUT2D eigenvalue weighted by Crippen LogP contribution is -2.19. The Kier molecular flexibility index (Phi) is 5.06. The van der Waals surface area contributed by atoms with E-state index in [0.29, 0.717) is 18.7 Å². The molecule has 0 amide bonds. The van der Waals surface area contributed by atoms with Gasteiger partial charge in [-0.05, 0) is 38.0 Å². The summed E-state index contributed by atoms with van der Waals surface area (Å²) in [5.41, 5.74) is 0.496. The van der Waals surface area contributed by atoms with Gasteiger partial charge in [-0.25, -0.2) is 0 Å². The van der Waals surface area contributed by atoms with Crippen LogP contribution < -0.4 is 0 Å². The summed E-state index contributed by atoms with van der Waals surface area (Å²) in [6.45, 7) is 4.31. The lowest BCUT2D eigenvalue weighted by molar-refractivity contribution is 0.0777. The van der Waals surface area contributed by atoms with Gasteiger partial charge in [0.15, 0.2) is 10.9 Å². The van der Waals surface area contributed by atoms with Gasteiger partial charge >= 0.3 is 0 Å². The Morgan fingerprint density at radius 1 is 1.12 bits per heavy atom. The Morgan fingerprint density at radius 3 is 2.58 bits per heavy atom. The summed E-state index contributed by atoms with van der Waals surface area (Å²) in [6.07, 6.45) is 2.32. The Bertz CT molecular complexity index is 761. The van der Waals surface area contributed by atoms with E-state index in [9.17, 15) is 5.11 Å². The van der Waals surface area contributed by atoms with Crippen LogP contribution in [0.5, 0.6) is 0 Å². The van der Waals surface area contributed by atoms with Gasteiger partial charge in [-0.1, -0.05) is 42.1 Å². The highest BCUT2D eigenvalue weighted by atomic mass is 32.2. The number of thioether (sulfide) groups is 1. The number of furan rings is 1. The van der Waals surface area contributed by atoms with Gasteiger partial charge in [0.25, 0.3) is 0 Å². The number of benzene rings is 1. The molecule has 0 fully saturated rings. The van der Waals surface area contributed by atoms with Crippen molar-refractivity contribution in [1.82, 2.24) is 14.8 Å². The van der Waals surface area contributed by atoms with Crippen LogP contribution in [0.15, 0.2) is 58.3 Å². The van der Waals surface area contributed by atoms with Gasteiger partial charge in [0, 0.05) is 5.75 Å². The van der Waals surface area contributed by atoms with Crippen molar-refractivity contribution in [3.63, 3.8) is 0 Å². The second-order valence-corrected chi connectivity index (χ2v) is 7.33. The fourth-order valence-corrected chi connectivity index (χ4v) is 3.47. The third-order valence-corrected chi connectivity index (χ3v) is 4.56. The first-order chi connectivity index (χ1) is 11.5. The molecule has 0 aliphatic heterocycles. The molecule has 3 rings (SSSR count). The maximum Gasteiger partial charge on any atom is 0.200 e. The molecule has 6 heteroatoms. The van der Waals surface area contributed by atoms with Crippen LogP contribution in [-0.4, -0.2) is 31.2 Å². The van der Waals surface area contributed by atoms with E-state index in [-0.39, 0.29) is 0 Å². The molecule has 24 heavy (non-hydrogen) atoms. The normalized spacial score (nSPS) is 11.8. The topological polar surface area (TPSA) is 64.1 Å². The summed E-state index contributed by atoms with van der Waals surface area (Å²) < 4.78 is 7.56. The van der Waals surface area contributed by atoms with Crippen LogP contribution in [0.25, 0.3) is 11.6 Å². The zero-order valence-corrected chi connectivity index (χ0v) is 14.7. The van der Waals surface area contributed by atoms with Gasteiger partial charge in [-0.15, -0.1) is 10.2 Å². The van der Waals surface area contributed by atoms with Crippen molar-refractivity contribution in [3.05, 3.63) is 54.3 Å². The van der Waals surface area contributed by atoms with Crippen LogP contribution in [0.3, 0.4) is 0 Å². The summed E-state index contributed by atoms with van der Waals surface area (Å²) >= 11 is 1.60. The summed E-state index contributed by atoms with van der Waals surface area (Å²) in [4.78, 5) is 0. The number of hydrogen-bond acceptors (Lipinski definition) is 5. The van der Waals surface area contributed by atoms with Crippen molar-refractivity contribution in [2.24, 2.45) is 0 Å². The fraction of sp³-hybridized carbons (Fsp3) is 0.333. The molecule has 0 aliphatic carbocycles. The molecule has 0 spiro atoms. The van der Waals surface area contributed by atoms with Crippen molar-refractivity contribution in [2.75, 3.05) is 5.75 Å². The molecule has 0 saturated heterocycles. The molecule has 0 atom stereocenters. The van der Waals surface area contributed by atoms with Crippen molar-refractivity contribution < 1.29 is 9.52 Å². The van der Waals surface area contributed by atoms with Crippen LogP contribution >= 0.6 is 11.8 Å². The van der Waals surface area contributed by atoms with Crippen LogP contribution in [-0.2, 0) is 6.54 Å². The third-order valence-electron chi connectivity index (χ3n) is 3.59. The van der Waals surface area contributed by atoms with Crippen LogP contribution in [0.1, 0.15) is 25.8 Å². The van der Waals surface area contributed by atoms with Gasteiger partial charge in [-0.2, -0.15) is 0 Å². The average Bonchev–Trinajstić information content (AvgIpc) is 3.17. The third kappa shape index (κ3) is 4.27. The molecule has 5 nitrogen and oxygen atoms in total. The summed E-state index contributed by atoms with van der Waals surface area (Å²) in [5, 5.41) is 19.3. The smallest absolute Gasteiger partial charge is 0.200 e. The van der Waals surface area contributed by atoms with Gasteiger partial charge < -0.3 is 9.52 Å². The molecule has 0 saturated carbocycles. The zero-order valence-electron chi connectivity index (χ0n) is 13.8. The number of nitrogens with zero attached hydrogens (tertiary/aromatic N) is 3. The van der Waals surface area contributed by atoms with E-state index in [1.165, 1.54) is 5.56 Å². The lowest BCUT2D eigenvalue weighted by atomic mass is 10.1. The second kappa shape index (κ2) is 7.23. The SMILES string of the molecule is CC(C)(O)CCSc1nnc(-c2ccco2)n1Cc1ccccc1. The van der Waals surface area contributed by atoms with E-state index >= 15 is 0 Å². The van der Waals surface area contributed by atoms with E-state index in [1.54, 1.807) is 18.0 Å². The predicted molar refractivity (Wildman–Crippen MR) is 94.9 cm³/mol. The molecule has 3 aromatic rings. The monoisotopic (exact) mass is 343 g/mol. The maximum atomic E-state index is 9.88. The molecule has 1 N–H and O–H groups in total. The summed E-state index contributed by atoms with van der Waals surface area (Å²) in [5.74, 6) is 2.19. The Morgan fingerprint density at radius 2 is 1.92 bits per heavy atom. The van der Waals surface area contributed by atoms with Gasteiger partial charge in [0.1, 0.15) is 0 Å². The standard InChI is InChI=1S/C18H21N3O2S/c1-18(2,22)10-12-24-17-20-19-16(15-9-6-11-23-15)21(17)13-14-7-4-3-5-8-14/h3-9,11,22H,10,12-13H2,1-2H3. The highest BCUT2D eigenvalue weighted by Crippen LogP contribution is 2.27. The van der Waals surface area contributed by atoms with Crippen molar-refractivity contribution in [1.29, 1.82) is 0 Å². The zero-order chi connectivity index (χ0) is 17.0. The number of aliphatic hydroxyl groups is 1. The van der Waals surface area contributed by atoms with E-state index < -0.39 is 5.60 Å². The Hall–Kier alpha value is -2.05. The minimum atomic E-state index is -0.679. The average molecular weight is 343 g/mol. The van der Waals surface area contributed by atoms with Crippen LogP contribution in [0.4, 0.5) is 0 Å². The molecule has 2 heterocycles. The van der Waals surface area contributed by atoms with Gasteiger partial charge in [0.2, 0.25) is 5.82 Å². The molecule has 0 unspecified atom stereocenters. The molecule has 2 aromatic heterocycles. The number of rotatable bonds is 7. The molecule has 126 valence electrons. The molecular formula is C18H21N3O2S. The van der Waals surface area contributed by atoms with Gasteiger partial charge in [-0.3, -0.25) is 4.57 Å². The van der Waals surface area contributed by atoms with E-state index in [2.05, 4.69) is 26.9 Å². The van der Waals surface area contributed by atoms with Crippen molar-refractivity contribution >= 4 is 11.8 Å². The minimum Gasteiger partial charge on any atom is -0.461 e. The molecule has 0 radical (unpaired) electrons. The quantitative estimate of drug-likeness (QED) is 0.660. The first-order valence-electron chi connectivity index (χ1n) is 7.89. The Labute approximate surface area is 145 Å². The largest absolute Gasteiger partial charge is 0.461 e. The summed E-state index contributed by atoms with van der Waals surface area (Å²) in [7, 11) is 0. The minimum absolute atomic E-state index is 0.675. The molecular weight excluding hydrogens is 322 g/mol. The first kappa shape index (κ1) is 16.8. The van der Waals surface area contributed by atoms with E-state index in [0.717, 1.165) is 16.7 Å².